The summed E-state index contributed by atoms with van der Waals surface area (Å²) in [7, 11) is 1.62. The Morgan fingerprint density at radius 1 is 1.42 bits per heavy atom. The fraction of sp³-hybridized carbons (Fsp3) is 0.368. The molecule has 0 aliphatic carbocycles. The summed E-state index contributed by atoms with van der Waals surface area (Å²) in [6, 6.07) is 5.74. The maximum absolute atomic E-state index is 12.6. The van der Waals surface area contributed by atoms with Crippen molar-refractivity contribution in [2.45, 2.75) is 13.3 Å². The molecule has 1 saturated heterocycles. The van der Waals surface area contributed by atoms with Gasteiger partial charge < -0.3 is 14.2 Å². The number of thioether (sulfide) groups is 1. The predicted octanol–water partition coefficient (Wildman–Crippen LogP) is 3.64. The summed E-state index contributed by atoms with van der Waals surface area (Å²) in [4.78, 5) is 14.9. The summed E-state index contributed by atoms with van der Waals surface area (Å²) in [5, 5.41) is 0. The quantitative estimate of drug-likeness (QED) is 0.402. The fourth-order valence-corrected chi connectivity index (χ4v) is 4.10. The number of rotatable bonds is 7. The first-order valence-electron chi connectivity index (χ1n) is 8.47. The first-order valence-corrected chi connectivity index (χ1v) is 9.70. The summed E-state index contributed by atoms with van der Waals surface area (Å²) in [6.45, 7) is 4.23. The Hall–Kier alpha value is -1.83. The predicted molar refractivity (Wildman–Crippen MR) is 108 cm³/mol. The lowest BCUT2D eigenvalue weighted by Gasteiger charge is -2.18. The number of carbonyl (C=O) groups excluding carboxylic acids is 1. The zero-order valence-corrected chi connectivity index (χ0v) is 16.5. The fourth-order valence-electron chi connectivity index (χ4n) is 2.77. The van der Waals surface area contributed by atoms with Crippen molar-refractivity contribution in [1.82, 2.24) is 4.90 Å². The van der Waals surface area contributed by atoms with Crippen LogP contribution in [0.15, 0.2) is 34.8 Å². The van der Waals surface area contributed by atoms with Gasteiger partial charge in [-0.3, -0.25) is 9.69 Å². The zero-order valence-electron chi connectivity index (χ0n) is 14.8. The number of benzene rings is 1. The van der Waals surface area contributed by atoms with Gasteiger partial charge in [-0.05, 0) is 37.1 Å². The highest BCUT2D eigenvalue weighted by Gasteiger charge is 2.32. The lowest BCUT2D eigenvalue weighted by Crippen LogP contribution is -2.29. The van der Waals surface area contributed by atoms with Gasteiger partial charge in [0.05, 0.1) is 12.0 Å². The summed E-state index contributed by atoms with van der Waals surface area (Å²) >= 11 is 6.69. The number of thiocarbonyl (C=S) groups is 1. The van der Waals surface area contributed by atoms with Gasteiger partial charge in [0.1, 0.15) is 10.9 Å². The number of carbonyl (C=O) groups is 1. The molecule has 7 heteroatoms. The minimum atomic E-state index is -0.0474. The zero-order chi connectivity index (χ0) is 18.5. The van der Waals surface area contributed by atoms with Crippen molar-refractivity contribution < 1.29 is 19.0 Å². The molecule has 3 rings (SSSR count). The molecule has 2 aliphatic heterocycles. The minimum absolute atomic E-state index is 0.0474. The van der Waals surface area contributed by atoms with E-state index in [2.05, 4.69) is 0 Å². The third-order valence-corrected chi connectivity index (χ3v) is 5.40. The minimum Gasteiger partial charge on any atom is -0.493 e. The van der Waals surface area contributed by atoms with E-state index >= 15 is 0 Å². The molecule has 0 unspecified atom stereocenters. The third kappa shape index (κ3) is 4.11. The summed E-state index contributed by atoms with van der Waals surface area (Å²) in [6.07, 6.45) is 4.65. The second-order valence-corrected chi connectivity index (χ2v) is 7.45. The largest absolute Gasteiger partial charge is 0.493 e. The van der Waals surface area contributed by atoms with E-state index in [1.54, 1.807) is 12.0 Å². The monoisotopic (exact) mass is 391 g/mol. The molecule has 1 aromatic rings. The molecule has 1 fully saturated rings. The summed E-state index contributed by atoms with van der Waals surface area (Å²) < 4.78 is 17.1. The smallest absolute Gasteiger partial charge is 0.266 e. The van der Waals surface area contributed by atoms with Crippen molar-refractivity contribution >= 4 is 40.3 Å². The van der Waals surface area contributed by atoms with Gasteiger partial charge in [0, 0.05) is 25.3 Å². The Labute approximate surface area is 163 Å². The SMILES string of the molecule is CCOCCCN1C(=O)C(=CC2=Cc3cccc(OC)c3OC2)SC1=S. The lowest BCUT2D eigenvalue weighted by atomic mass is 10.1. The van der Waals surface area contributed by atoms with Crippen LogP contribution >= 0.6 is 24.0 Å². The molecule has 0 aromatic heterocycles. The lowest BCUT2D eigenvalue weighted by molar-refractivity contribution is -0.122. The Balaban J connectivity index is 1.73. The number of para-hydroxylation sites is 1. The molecule has 0 saturated carbocycles. The van der Waals surface area contributed by atoms with E-state index in [4.69, 9.17) is 26.4 Å². The maximum atomic E-state index is 12.6. The second-order valence-electron chi connectivity index (χ2n) is 5.77. The number of ether oxygens (including phenoxy) is 3. The normalized spacial score (nSPS) is 18.0. The topological polar surface area (TPSA) is 48.0 Å². The number of hydrogen-bond acceptors (Lipinski definition) is 6. The van der Waals surface area contributed by atoms with Crippen LogP contribution in [0.1, 0.15) is 18.9 Å². The van der Waals surface area contributed by atoms with Gasteiger partial charge in [-0.25, -0.2) is 0 Å². The Bertz CT molecular complexity index is 773. The van der Waals surface area contributed by atoms with Gasteiger partial charge in [0.15, 0.2) is 11.5 Å². The molecule has 0 bridgehead atoms. The van der Waals surface area contributed by atoms with Crippen LogP contribution in [0.3, 0.4) is 0 Å². The van der Waals surface area contributed by atoms with Crippen molar-refractivity contribution in [3.63, 3.8) is 0 Å². The van der Waals surface area contributed by atoms with Gasteiger partial charge in [0.25, 0.3) is 5.91 Å². The molecular weight excluding hydrogens is 370 g/mol. The average molecular weight is 392 g/mol. The van der Waals surface area contributed by atoms with E-state index in [1.807, 2.05) is 37.3 Å². The van der Waals surface area contributed by atoms with Gasteiger partial charge in [-0.2, -0.15) is 0 Å². The number of nitrogens with zero attached hydrogens (tertiary/aromatic N) is 1. The molecule has 0 N–H and O–H groups in total. The summed E-state index contributed by atoms with van der Waals surface area (Å²) in [5.74, 6) is 1.39. The Morgan fingerprint density at radius 2 is 2.27 bits per heavy atom. The number of fused-ring (bicyclic) bond motifs is 1. The van der Waals surface area contributed by atoms with Crippen LogP contribution < -0.4 is 9.47 Å². The van der Waals surface area contributed by atoms with E-state index in [-0.39, 0.29) is 5.91 Å². The molecule has 1 amide bonds. The maximum Gasteiger partial charge on any atom is 0.266 e. The number of hydrogen-bond donors (Lipinski definition) is 0. The standard InChI is InChI=1S/C19H21NO4S2/c1-3-23-9-5-8-20-18(21)16(26-19(20)25)11-13-10-14-6-4-7-15(22-2)17(14)24-12-13/h4,6-7,10-11H,3,5,8-9,12H2,1-2H3. The molecular formula is C19H21NO4S2. The molecule has 2 heterocycles. The van der Waals surface area contributed by atoms with E-state index in [0.717, 1.165) is 23.3 Å². The highest BCUT2D eigenvalue weighted by Crippen LogP contribution is 2.37. The van der Waals surface area contributed by atoms with Crippen molar-refractivity contribution in [2.75, 3.05) is 33.5 Å². The van der Waals surface area contributed by atoms with Crippen LogP contribution in [0.25, 0.3) is 6.08 Å². The van der Waals surface area contributed by atoms with Gasteiger partial charge >= 0.3 is 0 Å². The molecule has 2 aliphatic rings. The van der Waals surface area contributed by atoms with E-state index in [9.17, 15) is 4.79 Å². The molecule has 0 radical (unpaired) electrons. The third-order valence-electron chi connectivity index (χ3n) is 4.02. The van der Waals surface area contributed by atoms with Crippen molar-refractivity contribution in [3.05, 3.63) is 40.3 Å². The van der Waals surface area contributed by atoms with Crippen molar-refractivity contribution in [1.29, 1.82) is 0 Å². The Morgan fingerprint density at radius 3 is 3.04 bits per heavy atom. The second kappa shape index (κ2) is 8.70. The number of methoxy groups -OCH3 is 1. The van der Waals surface area contributed by atoms with E-state index in [1.165, 1.54) is 11.8 Å². The van der Waals surface area contributed by atoms with Crippen molar-refractivity contribution in [3.8, 4) is 11.5 Å². The van der Waals surface area contributed by atoms with Gasteiger partial charge in [0.2, 0.25) is 0 Å². The van der Waals surface area contributed by atoms with E-state index < -0.39 is 0 Å². The molecule has 1 aromatic carbocycles. The van der Waals surface area contributed by atoms with Crippen LogP contribution in [0.2, 0.25) is 0 Å². The molecule has 0 spiro atoms. The molecule has 5 nitrogen and oxygen atoms in total. The summed E-state index contributed by atoms with van der Waals surface area (Å²) in [5.41, 5.74) is 1.87. The highest BCUT2D eigenvalue weighted by molar-refractivity contribution is 8.26. The molecule has 26 heavy (non-hydrogen) atoms. The number of amides is 1. The van der Waals surface area contributed by atoms with Crippen LogP contribution in [-0.4, -0.2) is 48.6 Å². The van der Waals surface area contributed by atoms with Gasteiger partial charge in [-0.1, -0.05) is 36.1 Å². The van der Waals surface area contributed by atoms with Crippen LogP contribution in [0.4, 0.5) is 0 Å². The van der Waals surface area contributed by atoms with Crippen LogP contribution in [-0.2, 0) is 9.53 Å². The van der Waals surface area contributed by atoms with E-state index in [0.29, 0.717) is 41.3 Å². The molecule has 138 valence electrons. The molecule has 0 atom stereocenters. The average Bonchev–Trinajstić information content (AvgIpc) is 2.91. The van der Waals surface area contributed by atoms with Crippen LogP contribution in [0.5, 0.6) is 11.5 Å². The van der Waals surface area contributed by atoms with Gasteiger partial charge in [-0.15, -0.1) is 0 Å². The first kappa shape index (κ1) is 18.9. The Kier molecular flexibility index (Phi) is 6.34. The first-order chi connectivity index (χ1) is 12.6. The van der Waals surface area contributed by atoms with Crippen LogP contribution in [0, 0.1) is 0 Å². The van der Waals surface area contributed by atoms with Crippen molar-refractivity contribution in [2.24, 2.45) is 0 Å². The highest BCUT2D eigenvalue weighted by atomic mass is 32.2.